The lowest BCUT2D eigenvalue weighted by Gasteiger charge is -2.14. The second kappa shape index (κ2) is 8.11. The van der Waals surface area contributed by atoms with E-state index >= 15 is 0 Å². The van der Waals surface area contributed by atoms with Gasteiger partial charge in [-0.05, 0) is 44.0 Å². The van der Waals surface area contributed by atoms with E-state index in [9.17, 15) is 9.59 Å². The second-order valence-corrected chi connectivity index (χ2v) is 5.78. The van der Waals surface area contributed by atoms with Crippen molar-refractivity contribution < 1.29 is 9.59 Å². The van der Waals surface area contributed by atoms with Crippen LogP contribution in [0.2, 0.25) is 0 Å². The first kappa shape index (κ1) is 17.5. The van der Waals surface area contributed by atoms with Gasteiger partial charge in [0.1, 0.15) is 6.04 Å². The molecule has 4 nitrogen and oxygen atoms in total. The molecule has 0 aliphatic rings. The SMILES string of the molecule is Cc1ccc(NC(=O)C(C)NC(=O)/C=C/c2ccccc2)c(C)c1. The number of aryl methyl sites for hydroxylation is 2. The van der Waals surface area contributed by atoms with Crippen LogP contribution in [0.3, 0.4) is 0 Å². The van der Waals surface area contributed by atoms with Crippen LogP contribution in [0.15, 0.2) is 54.6 Å². The number of anilines is 1. The Kier molecular flexibility index (Phi) is 5.90. The third kappa shape index (κ3) is 5.09. The number of hydrogen-bond acceptors (Lipinski definition) is 2. The van der Waals surface area contributed by atoms with Crippen molar-refractivity contribution in [3.05, 3.63) is 71.3 Å². The summed E-state index contributed by atoms with van der Waals surface area (Å²) in [6.07, 6.45) is 3.14. The zero-order valence-electron chi connectivity index (χ0n) is 14.2. The first-order valence-electron chi connectivity index (χ1n) is 7.87. The van der Waals surface area contributed by atoms with Crippen molar-refractivity contribution in [2.45, 2.75) is 26.8 Å². The van der Waals surface area contributed by atoms with Gasteiger partial charge in [-0.3, -0.25) is 9.59 Å². The Morgan fingerprint density at radius 1 is 1.04 bits per heavy atom. The van der Waals surface area contributed by atoms with Gasteiger partial charge in [0.25, 0.3) is 0 Å². The Bertz CT molecular complexity index is 751. The quantitative estimate of drug-likeness (QED) is 0.828. The van der Waals surface area contributed by atoms with Gasteiger partial charge >= 0.3 is 0 Å². The molecule has 0 spiro atoms. The van der Waals surface area contributed by atoms with Crippen LogP contribution in [0.25, 0.3) is 6.08 Å². The van der Waals surface area contributed by atoms with Crippen LogP contribution < -0.4 is 10.6 Å². The van der Waals surface area contributed by atoms with Crippen LogP contribution in [0.1, 0.15) is 23.6 Å². The first-order chi connectivity index (χ1) is 11.5. The van der Waals surface area contributed by atoms with Crippen LogP contribution in [0, 0.1) is 13.8 Å². The smallest absolute Gasteiger partial charge is 0.246 e. The Labute approximate surface area is 142 Å². The Morgan fingerprint density at radius 2 is 1.75 bits per heavy atom. The summed E-state index contributed by atoms with van der Waals surface area (Å²) < 4.78 is 0. The van der Waals surface area contributed by atoms with Crippen LogP contribution in [0.5, 0.6) is 0 Å². The minimum Gasteiger partial charge on any atom is -0.341 e. The van der Waals surface area contributed by atoms with E-state index in [1.807, 2.05) is 62.4 Å². The molecule has 0 aliphatic carbocycles. The highest BCUT2D eigenvalue weighted by Crippen LogP contribution is 2.16. The number of carbonyl (C=O) groups is 2. The van der Waals surface area contributed by atoms with E-state index in [1.54, 1.807) is 13.0 Å². The van der Waals surface area contributed by atoms with E-state index in [1.165, 1.54) is 6.08 Å². The van der Waals surface area contributed by atoms with E-state index in [4.69, 9.17) is 0 Å². The third-order valence-electron chi connectivity index (χ3n) is 3.62. The average Bonchev–Trinajstić information content (AvgIpc) is 2.56. The topological polar surface area (TPSA) is 58.2 Å². The lowest BCUT2D eigenvalue weighted by atomic mass is 10.1. The molecule has 0 saturated carbocycles. The molecule has 2 aromatic carbocycles. The molecule has 1 unspecified atom stereocenters. The molecule has 1 atom stereocenters. The van der Waals surface area contributed by atoms with Crippen LogP contribution >= 0.6 is 0 Å². The second-order valence-electron chi connectivity index (χ2n) is 5.78. The molecule has 0 aliphatic heterocycles. The predicted molar refractivity (Wildman–Crippen MR) is 97.6 cm³/mol. The monoisotopic (exact) mass is 322 g/mol. The molecule has 0 aromatic heterocycles. The molecule has 24 heavy (non-hydrogen) atoms. The number of benzene rings is 2. The van der Waals surface area contributed by atoms with E-state index < -0.39 is 6.04 Å². The van der Waals surface area contributed by atoms with Gasteiger partial charge in [-0.15, -0.1) is 0 Å². The maximum Gasteiger partial charge on any atom is 0.246 e. The highest BCUT2D eigenvalue weighted by atomic mass is 16.2. The van der Waals surface area contributed by atoms with Crippen molar-refractivity contribution in [1.29, 1.82) is 0 Å². The van der Waals surface area contributed by atoms with Gasteiger partial charge in [0, 0.05) is 11.8 Å². The fourth-order valence-electron chi connectivity index (χ4n) is 2.26. The molecular formula is C20H22N2O2. The predicted octanol–water partition coefficient (Wildman–Crippen LogP) is 3.46. The van der Waals surface area contributed by atoms with E-state index in [0.29, 0.717) is 0 Å². The zero-order valence-corrected chi connectivity index (χ0v) is 14.2. The van der Waals surface area contributed by atoms with Gasteiger partial charge in [-0.1, -0.05) is 48.0 Å². The minimum absolute atomic E-state index is 0.247. The molecule has 4 heteroatoms. The number of nitrogens with one attached hydrogen (secondary N) is 2. The fourth-order valence-corrected chi connectivity index (χ4v) is 2.26. The van der Waals surface area contributed by atoms with Crippen molar-refractivity contribution in [3.63, 3.8) is 0 Å². The van der Waals surface area contributed by atoms with Crippen molar-refractivity contribution in [3.8, 4) is 0 Å². The summed E-state index contributed by atoms with van der Waals surface area (Å²) in [5.41, 5.74) is 3.82. The minimum atomic E-state index is -0.626. The van der Waals surface area contributed by atoms with Gasteiger partial charge in [-0.2, -0.15) is 0 Å². The lowest BCUT2D eigenvalue weighted by Crippen LogP contribution is -2.41. The normalized spacial score (nSPS) is 12.0. The molecule has 0 radical (unpaired) electrons. The van der Waals surface area contributed by atoms with Gasteiger partial charge in [0.2, 0.25) is 11.8 Å². The zero-order chi connectivity index (χ0) is 17.5. The molecule has 0 saturated heterocycles. The molecule has 2 N–H and O–H groups in total. The van der Waals surface area contributed by atoms with Gasteiger partial charge in [0.05, 0.1) is 0 Å². The molecule has 2 aromatic rings. The van der Waals surface area contributed by atoms with Crippen molar-refractivity contribution in [2.75, 3.05) is 5.32 Å². The summed E-state index contributed by atoms with van der Waals surface area (Å²) >= 11 is 0. The van der Waals surface area contributed by atoms with E-state index in [0.717, 1.165) is 22.4 Å². The van der Waals surface area contributed by atoms with Crippen LogP contribution in [-0.2, 0) is 9.59 Å². The molecule has 2 amide bonds. The number of rotatable bonds is 5. The average molecular weight is 322 g/mol. The van der Waals surface area contributed by atoms with Gasteiger partial charge in [-0.25, -0.2) is 0 Å². The summed E-state index contributed by atoms with van der Waals surface area (Å²) in [7, 11) is 0. The maximum atomic E-state index is 12.2. The standard InChI is InChI=1S/C20H22N2O2/c1-14-9-11-18(15(2)13-14)22-20(24)16(3)21-19(23)12-10-17-7-5-4-6-8-17/h4-13,16H,1-3H3,(H,21,23)(H,22,24)/b12-10+. The summed E-state index contributed by atoms with van der Waals surface area (Å²) in [6.45, 7) is 5.60. The summed E-state index contributed by atoms with van der Waals surface area (Å²) in [6, 6.07) is 14.7. The van der Waals surface area contributed by atoms with E-state index in [-0.39, 0.29) is 11.8 Å². The summed E-state index contributed by atoms with van der Waals surface area (Å²) in [4.78, 5) is 24.1. The number of hydrogen-bond donors (Lipinski definition) is 2. The molecule has 2 rings (SSSR count). The number of amides is 2. The fraction of sp³-hybridized carbons (Fsp3) is 0.200. The van der Waals surface area contributed by atoms with Crippen molar-refractivity contribution >= 4 is 23.6 Å². The lowest BCUT2D eigenvalue weighted by molar-refractivity contribution is -0.123. The third-order valence-corrected chi connectivity index (χ3v) is 3.62. The molecule has 0 bridgehead atoms. The van der Waals surface area contributed by atoms with Crippen LogP contribution in [0.4, 0.5) is 5.69 Å². The van der Waals surface area contributed by atoms with Crippen LogP contribution in [-0.4, -0.2) is 17.9 Å². The maximum absolute atomic E-state index is 12.2. The highest BCUT2D eigenvalue weighted by molar-refractivity contribution is 6.00. The van der Waals surface area contributed by atoms with Crippen molar-refractivity contribution in [2.24, 2.45) is 0 Å². The summed E-state index contributed by atoms with van der Waals surface area (Å²) in [5.74, 6) is -0.550. The van der Waals surface area contributed by atoms with Crippen molar-refractivity contribution in [1.82, 2.24) is 5.32 Å². The number of carbonyl (C=O) groups excluding carboxylic acids is 2. The Morgan fingerprint density at radius 3 is 2.42 bits per heavy atom. The molecular weight excluding hydrogens is 300 g/mol. The van der Waals surface area contributed by atoms with E-state index in [2.05, 4.69) is 10.6 Å². The molecule has 0 heterocycles. The molecule has 0 fully saturated rings. The summed E-state index contributed by atoms with van der Waals surface area (Å²) in [5, 5.41) is 5.50. The molecule has 124 valence electrons. The Hall–Kier alpha value is -2.88. The van der Waals surface area contributed by atoms with Gasteiger partial charge in [0.15, 0.2) is 0 Å². The van der Waals surface area contributed by atoms with Gasteiger partial charge < -0.3 is 10.6 Å². The highest BCUT2D eigenvalue weighted by Gasteiger charge is 2.15. The Balaban J connectivity index is 1.91. The largest absolute Gasteiger partial charge is 0.341 e. The first-order valence-corrected chi connectivity index (χ1v) is 7.87.